The molecule has 1 N–H and O–H groups in total. The Morgan fingerprint density at radius 3 is 2.83 bits per heavy atom. The van der Waals surface area contributed by atoms with Gasteiger partial charge in [-0.15, -0.1) is 0 Å². The van der Waals surface area contributed by atoms with E-state index < -0.39 is 0 Å². The predicted octanol–water partition coefficient (Wildman–Crippen LogP) is 3.74. The minimum Gasteiger partial charge on any atom is -0.491 e. The number of ether oxygens (including phenoxy) is 1. The first-order valence-electron chi connectivity index (χ1n) is 8.49. The van der Waals surface area contributed by atoms with Crippen molar-refractivity contribution in [2.75, 3.05) is 13.1 Å². The molecule has 1 saturated heterocycles. The fraction of sp³-hybridized carbons (Fsp3) is 0.421. The van der Waals surface area contributed by atoms with Gasteiger partial charge in [-0.2, -0.15) is 0 Å². The highest BCUT2D eigenvalue weighted by Crippen LogP contribution is 2.20. The van der Waals surface area contributed by atoms with E-state index in [0.717, 1.165) is 30.3 Å². The molecule has 5 heteroatoms. The summed E-state index contributed by atoms with van der Waals surface area (Å²) >= 11 is 1.68. The number of hydrogen-bond acceptors (Lipinski definition) is 5. The highest BCUT2D eigenvalue weighted by atomic mass is 32.2. The third-order valence-electron chi connectivity index (χ3n) is 3.95. The maximum atomic E-state index is 5.70. The van der Waals surface area contributed by atoms with Gasteiger partial charge in [-0.05, 0) is 62.0 Å². The van der Waals surface area contributed by atoms with Crippen molar-refractivity contribution in [3.8, 4) is 5.75 Å². The van der Waals surface area contributed by atoms with Crippen LogP contribution in [0.2, 0.25) is 0 Å². The molecule has 0 amide bonds. The van der Waals surface area contributed by atoms with Crippen LogP contribution in [-0.4, -0.2) is 35.1 Å². The summed E-state index contributed by atoms with van der Waals surface area (Å²) in [4.78, 5) is 7.81. The van der Waals surface area contributed by atoms with Crippen LogP contribution in [-0.2, 0) is 6.54 Å². The smallest absolute Gasteiger partial charge is 0.119 e. The number of hydrogen-bond donors (Lipinski definition) is 1. The topological polar surface area (TPSA) is 37.4 Å². The molecule has 1 aliphatic rings. The van der Waals surface area contributed by atoms with Gasteiger partial charge in [0, 0.05) is 43.0 Å². The molecule has 4 nitrogen and oxygen atoms in total. The van der Waals surface area contributed by atoms with E-state index in [-0.39, 0.29) is 6.10 Å². The van der Waals surface area contributed by atoms with Crippen LogP contribution in [0.1, 0.15) is 25.8 Å². The third kappa shape index (κ3) is 5.23. The molecule has 1 aromatic carbocycles. The van der Waals surface area contributed by atoms with Crippen LogP contribution in [0.15, 0.2) is 53.7 Å². The average Bonchev–Trinajstić information content (AvgIpc) is 3.03. The highest BCUT2D eigenvalue weighted by molar-refractivity contribution is 7.97. The Balaban J connectivity index is 1.44. The Labute approximate surface area is 148 Å². The molecule has 1 atom stereocenters. The molecular formula is C19H25N3OS. The first-order valence-corrected chi connectivity index (χ1v) is 9.31. The fourth-order valence-corrected chi connectivity index (χ4v) is 3.59. The lowest BCUT2D eigenvalue weighted by atomic mass is 10.2. The number of nitrogens with zero attached hydrogens (tertiary/aromatic N) is 2. The number of benzene rings is 1. The molecule has 0 radical (unpaired) electrons. The lowest BCUT2D eigenvalue weighted by Gasteiger charge is -2.17. The van der Waals surface area contributed by atoms with Gasteiger partial charge in [-0.25, -0.2) is 0 Å². The summed E-state index contributed by atoms with van der Waals surface area (Å²) in [6.45, 7) is 7.31. The lowest BCUT2D eigenvalue weighted by Crippen LogP contribution is -2.28. The summed E-state index contributed by atoms with van der Waals surface area (Å²) in [7, 11) is 0. The molecule has 3 rings (SSSR count). The van der Waals surface area contributed by atoms with Gasteiger partial charge >= 0.3 is 0 Å². The van der Waals surface area contributed by atoms with Crippen LogP contribution < -0.4 is 9.46 Å². The van der Waals surface area contributed by atoms with Crippen molar-refractivity contribution >= 4 is 11.9 Å². The van der Waals surface area contributed by atoms with Gasteiger partial charge in [-0.3, -0.25) is 14.6 Å². The van der Waals surface area contributed by atoms with Gasteiger partial charge in [0.1, 0.15) is 5.75 Å². The molecule has 2 heterocycles. The number of pyridine rings is 1. The summed E-state index contributed by atoms with van der Waals surface area (Å²) < 4.78 is 9.26. The van der Waals surface area contributed by atoms with Crippen LogP contribution in [0, 0.1) is 0 Å². The van der Waals surface area contributed by atoms with Crippen LogP contribution in [0.5, 0.6) is 5.75 Å². The molecule has 0 spiro atoms. The zero-order valence-corrected chi connectivity index (χ0v) is 15.1. The summed E-state index contributed by atoms with van der Waals surface area (Å²) in [5.41, 5.74) is 1.34. The Hall–Kier alpha value is -1.56. The van der Waals surface area contributed by atoms with E-state index >= 15 is 0 Å². The first kappa shape index (κ1) is 17.3. The van der Waals surface area contributed by atoms with Gasteiger partial charge in [-0.1, -0.05) is 12.1 Å². The lowest BCUT2D eigenvalue weighted by molar-refractivity contribution is 0.242. The molecule has 0 bridgehead atoms. The van der Waals surface area contributed by atoms with Crippen molar-refractivity contribution in [3.63, 3.8) is 0 Å². The van der Waals surface area contributed by atoms with Crippen molar-refractivity contribution in [1.82, 2.24) is 14.6 Å². The number of aromatic nitrogens is 1. The Morgan fingerprint density at radius 2 is 2.12 bits per heavy atom. The molecule has 0 aliphatic carbocycles. The number of rotatable bonds is 7. The second-order valence-corrected chi connectivity index (χ2v) is 7.35. The van der Waals surface area contributed by atoms with Gasteiger partial charge in [0.2, 0.25) is 0 Å². The normalized spacial score (nSPS) is 18.2. The van der Waals surface area contributed by atoms with Crippen molar-refractivity contribution in [2.45, 2.75) is 43.9 Å². The molecule has 1 aromatic heterocycles. The predicted molar refractivity (Wildman–Crippen MR) is 99.1 cm³/mol. The molecule has 1 aliphatic heterocycles. The second-order valence-electron chi connectivity index (χ2n) is 6.44. The second kappa shape index (κ2) is 8.51. The zero-order valence-electron chi connectivity index (χ0n) is 14.3. The van der Waals surface area contributed by atoms with Gasteiger partial charge < -0.3 is 4.74 Å². The minimum absolute atomic E-state index is 0.221. The molecule has 2 aromatic rings. The van der Waals surface area contributed by atoms with E-state index in [0.29, 0.717) is 6.04 Å². The minimum atomic E-state index is 0.221. The van der Waals surface area contributed by atoms with Crippen molar-refractivity contribution in [1.29, 1.82) is 0 Å². The Kier molecular flexibility index (Phi) is 6.12. The van der Waals surface area contributed by atoms with E-state index in [1.165, 1.54) is 12.0 Å². The molecule has 1 fully saturated rings. The van der Waals surface area contributed by atoms with Crippen LogP contribution in [0.4, 0.5) is 0 Å². The third-order valence-corrected chi connectivity index (χ3v) is 4.88. The van der Waals surface area contributed by atoms with Gasteiger partial charge in [0.25, 0.3) is 0 Å². The number of likely N-dealkylation sites (tertiary alicyclic amines) is 1. The van der Waals surface area contributed by atoms with Crippen molar-refractivity contribution in [3.05, 3.63) is 54.4 Å². The molecule has 128 valence electrons. The standard InChI is InChI=1S/C19H25N3OS/c1-15(2)23-18-7-5-16(6-8-18)13-22-11-9-17(14-22)21-24-19-4-3-10-20-12-19/h3-8,10,12,15,17,21H,9,11,13-14H2,1-2H3/t17-/m1/s1. The summed E-state index contributed by atoms with van der Waals surface area (Å²) in [5, 5.41) is 0. The van der Waals surface area contributed by atoms with Crippen molar-refractivity contribution in [2.24, 2.45) is 0 Å². The highest BCUT2D eigenvalue weighted by Gasteiger charge is 2.22. The van der Waals surface area contributed by atoms with Crippen LogP contribution in [0.25, 0.3) is 0 Å². The number of nitrogens with one attached hydrogen (secondary N) is 1. The largest absolute Gasteiger partial charge is 0.491 e. The summed E-state index contributed by atoms with van der Waals surface area (Å²) in [6.07, 6.45) is 5.10. The fourth-order valence-electron chi connectivity index (χ4n) is 2.84. The maximum Gasteiger partial charge on any atom is 0.119 e. The average molecular weight is 343 g/mol. The molecule has 24 heavy (non-hydrogen) atoms. The maximum absolute atomic E-state index is 5.70. The van der Waals surface area contributed by atoms with Gasteiger partial charge in [0.05, 0.1) is 6.10 Å². The summed E-state index contributed by atoms with van der Waals surface area (Å²) in [6, 6.07) is 13.1. The van der Waals surface area contributed by atoms with E-state index in [4.69, 9.17) is 4.74 Å². The van der Waals surface area contributed by atoms with E-state index in [1.54, 1.807) is 18.1 Å². The Bertz CT molecular complexity index is 618. The van der Waals surface area contributed by atoms with E-state index in [1.807, 2.05) is 12.3 Å². The molecule has 0 unspecified atom stereocenters. The van der Waals surface area contributed by atoms with Crippen LogP contribution in [0.3, 0.4) is 0 Å². The molecule has 0 saturated carbocycles. The van der Waals surface area contributed by atoms with Crippen LogP contribution >= 0.6 is 11.9 Å². The Morgan fingerprint density at radius 1 is 1.29 bits per heavy atom. The summed E-state index contributed by atoms with van der Waals surface area (Å²) in [5.74, 6) is 0.947. The van der Waals surface area contributed by atoms with Gasteiger partial charge in [0.15, 0.2) is 0 Å². The monoisotopic (exact) mass is 343 g/mol. The van der Waals surface area contributed by atoms with E-state index in [2.05, 4.69) is 58.8 Å². The first-order chi connectivity index (χ1) is 11.7. The quantitative estimate of drug-likeness (QED) is 0.775. The van der Waals surface area contributed by atoms with Crippen molar-refractivity contribution < 1.29 is 4.74 Å². The molecular weight excluding hydrogens is 318 g/mol. The van der Waals surface area contributed by atoms with E-state index in [9.17, 15) is 0 Å². The zero-order chi connectivity index (χ0) is 16.8. The SMILES string of the molecule is CC(C)Oc1ccc(CN2CC[C@@H](NSc3cccnc3)C2)cc1.